The predicted octanol–water partition coefficient (Wildman–Crippen LogP) is 2.90. The highest BCUT2D eigenvalue weighted by Crippen LogP contribution is 2.30. The van der Waals surface area contributed by atoms with E-state index in [1.54, 1.807) is 18.2 Å². The first-order valence-electron chi connectivity index (χ1n) is 7.49. The molecule has 0 unspecified atom stereocenters. The minimum Gasteiger partial charge on any atom is -0.325 e. The van der Waals surface area contributed by atoms with Crippen molar-refractivity contribution in [2.45, 2.75) is 6.92 Å². The van der Waals surface area contributed by atoms with Gasteiger partial charge < -0.3 is 5.32 Å². The zero-order valence-electron chi connectivity index (χ0n) is 13.5. The number of rotatable bonds is 4. The molecule has 26 heavy (non-hydrogen) atoms. The summed E-state index contributed by atoms with van der Waals surface area (Å²) < 4.78 is 0.878. The summed E-state index contributed by atoms with van der Waals surface area (Å²) in [7, 11) is 0. The van der Waals surface area contributed by atoms with E-state index >= 15 is 0 Å². The number of hydrogen-bond donors (Lipinski definition) is 1. The van der Waals surface area contributed by atoms with E-state index in [1.807, 2.05) is 6.92 Å². The molecule has 0 atom stereocenters. The molecule has 0 saturated heterocycles. The molecule has 8 nitrogen and oxygen atoms in total. The van der Waals surface area contributed by atoms with Gasteiger partial charge in [0.1, 0.15) is 12.1 Å². The van der Waals surface area contributed by atoms with Crippen LogP contribution in [0.4, 0.5) is 11.4 Å². The zero-order chi connectivity index (χ0) is 19.0. The van der Waals surface area contributed by atoms with Crippen molar-refractivity contribution >= 4 is 45.0 Å². The van der Waals surface area contributed by atoms with Crippen LogP contribution in [-0.4, -0.2) is 34.1 Å². The molecule has 0 aliphatic carbocycles. The van der Waals surface area contributed by atoms with Crippen molar-refractivity contribution in [2.75, 3.05) is 11.9 Å². The molecule has 0 bridgehead atoms. The molecule has 0 radical (unpaired) electrons. The molecule has 9 heteroatoms. The van der Waals surface area contributed by atoms with Crippen molar-refractivity contribution in [1.82, 2.24) is 4.90 Å². The predicted molar refractivity (Wildman–Crippen MR) is 96.0 cm³/mol. The van der Waals surface area contributed by atoms with E-state index in [-0.39, 0.29) is 11.1 Å². The summed E-state index contributed by atoms with van der Waals surface area (Å²) in [4.78, 5) is 48.1. The molecule has 1 aliphatic rings. The molecular formula is C17H12BrN3O5. The number of anilines is 1. The first kappa shape index (κ1) is 17.7. The van der Waals surface area contributed by atoms with E-state index < -0.39 is 34.9 Å². The molecule has 1 aliphatic heterocycles. The third-order valence-electron chi connectivity index (χ3n) is 3.92. The number of imide groups is 1. The fourth-order valence-electron chi connectivity index (χ4n) is 2.68. The number of nitro benzene ring substituents is 1. The van der Waals surface area contributed by atoms with Gasteiger partial charge >= 0.3 is 0 Å². The minimum atomic E-state index is -0.848. The molecule has 2 aromatic rings. The molecule has 3 amide bonds. The van der Waals surface area contributed by atoms with Gasteiger partial charge in [-0.1, -0.05) is 22.0 Å². The van der Waals surface area contributed by atoms with Crippen molar-refractivity contribution in [3.8, 4) is 0 Å². The maximum Gasteiger partial charge on any atom is 0.282 e. The Hall–Kier alpha value is -3.07. The summed E-state index contributed by atoms with van der Waals surface area (Å²) in [5.74, 6) is -2.15. The highest BCUT2D eigenvalue weighted by molar-refractivity contribution is 9.10. The fourth-order valence-corrected chi connectivity index (χ4v) is 2.92. The average Bonchev–Trinajstić information content (AvgIpc) is 2.83. The van der Waals surface area contributed by atoms with Crippen molar-refractivity contribution in [2.24, 2.45) is 0 Å². The molecule has 3 rings (SSSR count). The summed E-state index contributed by atoms with van der Waals surface area (Å²) >= 11 is 3.35. The van der Waals surface area contributed by atoms with E-state index in [9.17, 15) is 24.5 Å². The van der Waals surface area contributed by atoms with Gasteiger partial charge in [0.2, 0.25) is 5.91 Å². The summed E-state index contributed by atoms with van der Waals surface area (Å²) in [6.45, 7) is 1.32. The van der Waals surface area contributed by atoms with Crippen LogP contribution in [0.1, 0.15) is 26.3 Å². The normalized spacial score (nSPS) is 12.9. The van der Waals surface area contributed by atoms with Crippen LogP contribution >= 0.6 is 15.9 Å². The topological polar surface area (TPSA) is 110 Å². The molecule has 0 fully saturated rings. The number of fused-ring (bicyclic) bond motifs is 1. The second-order valence-corrected chi connectivity index (χ2v) is 6.52. The summed E-state index contributed by atoms with van der Waals surface area (Å²) in [5, 5.41) is 13.7. The minimum absolute atomic E-state index is 0.0727. The van der Waals surface area contributed by atoms with Crippen molar-refractivity contribution in [3.63, 3.8) is 0 Å². The lowest BCUT2D eigenvalue weighted by Crippen LogP contribution is -2.37. The number of nitrogens with one attached hydrogen (secondary N) is 1. The molecule has 132 valence electrons. The van der Waals surface area contributed by atoms with Gasteiger partial charge in [0.15, 0.2) is 0 Å². The van der Waals surface area contributed by atoms with Crippen LogP contribution in [0.15, 0.2) is 40.9 Å². The first-order valence-corrected chi connectivity index (χ1v) is 8.28. The Morgan fingerprint density at radius 1 is 1.23 bits per heavy atom. The third kappa shape index (κ3) is 3.08. The Bertz CT molecular complexity index is 973. The largest absolute Gasteiger partial charge is 0.325 e. The van der Waals surface area contributed by atoms with E-state index in [2.05, 4.69) is 21.2 Å². The van der Waals surface area contributed by atoms with Crippen molar-refractivity contribution < 1.29 is 19.3 Å². The number of hydrogen-bond acceptors (Lipinski definition) is 5. The van der Waals surface area contributed by atoms with Gasteiger partial charge in [-0.25, -0.2) is 0 Å². The van der Waals surface area contributed by atoms with Gasteiger partial charge in [-0.2, -0.15) is 0 Å². The number of nitro groups is 1. The van der Waals surface area contributed by atoms with Crippen LogP contribution < -0.4 is 5.32 Å². The lowest BCUT2D eigenvalue weighted by Gasteiger charge is -2.14. The maximum absolute atomic E-state index is 12.4. The summed E-state index contributed by atoms with van der Waals surface area (Å²) in [6.07, 6.45) is 0. The van der Waals surface area contributed by atoms with Crippen molar-refractivity contribution in [1.29, 1.82) is 0 Å². The molecule has 0 spiro atoms. The van der Waals surface area contributed by atoms with Crippen LogP contribution in [0.5, 0.6) is 0 Å². The Morgan fingerprint density at radius 3 is 2.62 bits per heavy atom. The second kappa shape index (κ2) is 6.68. The van der Waals surface area contributed by atoms with Crippen LogP contribution in [0.25, 0.3) is 0 Å². The van der Waals surface area contributed by atoms with Crippen LogP contribution in [0.3, 0.4) is 0 Å². The van der Waals surface area contributed by atoms with E-state index in [4.69, 9.17) is 0 Å². The number of carbonyl (C=O) groups is 3. The van der Waals surface area contributed by atoms with E-state index in [0.29, 0.717) is 10.6 Å². The molecule has 2 aromatic carbocycles. The lowest BCUT2D eigenvalue weighted by molar-refractivity contribution is -0.385. The standard InChI is InChI=1S/C17H12BrN3O5/c1-9-7-10(5-6-12(9)18)19-14(22)8-20-16(23)11-3-2-4-13(21(25)26)15(11)17(20)24/h2-7H,8H2,1H3,(H,19,22). The molecule has 1 heterocycles. The smallest absolute Gasteiger partial charge is 0.282 e. The Labute approximate surface area is 156 Å². The number of amides is 3. The second-order valence-electron chi connectivity index (χ2n) is 5.67. The van der Waals surface area contributed by atoms with E-state index in [0.717, 1.165) is 16.1 Å². The molecule has 0 aromatic heterocycles. The SMILES string of the molecule is Cc1cc(NC(=O)CN2C(=O)c3cccc([N+](=O)[O-])c3C2=O)ccc1Br. The number of nitrogens with zero attached hydrogens (tertiary/aromatic N) is 2. The van der Waals surface area contributed by atoms with Crippen molar-refractivity contribution in [3.05, 3.63) is 67.7 Å². The van der Waals surface area contributed by atoms with Crippen LogP contribution in [0, 0.1) is 17.0 Å². The average molecular weight is 418 g/mol. The molecular weight excluding hydrogens is 406 g/mol. The quantitative estimate of drug-likeness (QED) is 0.467. The third-order valence-corrected chi connectivity index (χ3v) is 4.81. The van der Waals surface area contributed by atoms with Gasteiger partial charge in [-0.15, -0.1) is 0 Å². The monoisotopic (exact) mass is 417 g/mol. The maximum atomic E-state index is 12.4. The van der Waals surface area contributed by atoms with Crippen LogP contribution in [-0.2, 0) is 4.79 Å². The fraction of sp³-hybridized carbons (Fsp3) is 0.118. The summed E-state index contributed by atoms with van der Waals surface area (Å²) in [6, 6.07) is 8.97. The van der Waals surface area contributed by atoms with Gasteiger partial charge in [0.25, 0.3) is 17.5 Å². The summed E-state index contributed by atoms with van der Waals surface area (Å²) in [5.41, 5.74) is 0.607. The lowest BCUT2D eigenvalue weighted by atomic mass is 10.1. The number of carbonyl (C=O) groups excluding carboxylic acids is 3. The highest BCUT2D eigenvalue weighted by atomic mass is 79.9. The highest BCUT2D eigenvalue weighted by Gasteiger charge is 2.41. The van der Waals surface area contributed by atoms with Gasteiger partial charge in [-0.05, 0) is 36.8 Å². The number of aryl methyl sites for hydroxylation is 1. The molecule has 1 N–H and O–H groups in total. The van der Waals surface area contributed by atoms with Gasteiger partial charge in [-0.3, -0.25) is 29.4 Å². The van der Waals surface area contributed by atoms with Gasteiger partial charge in [0.05, 0.1) is 10.5 Å². The Kier molecular flexibility index (Phi) is 4.56. The number of halogens is 1. The number of benzene rings is 2. The van der Waals surface area contributed by atoms with Crippen LogP contribution in [0.2, 0.25) is 0 Å². The first-order chi connectivity index (χ1) is 12.3. The zero-order valence-corrected chi connectivity index (χ0v) is 15.1. The Balaban J connectivity index is 1.80. The Morgan fingerprint density at radius 2 is 1.96 bits per heavy atom. The van der Waals surface area contributed by atoms with Gasteiger partial charge in [0, 0.05) is 16.2 Å². The van der Waals surface area contributed by atoms with E-state index in [1.165, 1.54) is 12.1 Å². The molecule has 0 saturated carbocycles.